The van der Waals surface area contributed by atoms with Crippen molar-refractivity contribution in [2.24, 2.45) is 15.9 Å². The van der Waals surface area contributed by atoms with Gasteiger partial charge in [0.05, 0.1) is 29.9 Å². The summed E-state index contributed by atoms with van der Waals surface area (Å²) >= 11 is 1.36. The first-order chi connectivity index (χ1) is 13.6. The summed E-state index contributed by atoms with van der Waals surface area (Å²) in [5.74, 6) is 0.679. The van der Waals surface area contributed by atoms with E-state index in [0.717, 1.165) is 24.3 Å². The van der Waals surface area contributed by atoms with E-state index in [1.165, 1.54) is 24.0 Å². The molecule has 0 spiro atoms. The Bertz CT molecular complexity index is 867. The maximum absolute atomic E-state index is 11.3. The predicted octanol–water partition coefficient (Wildman–Crippen LogP) is 3.01. The lowest BCUT2D eigenvalue weighted by molar-refractivity contribution is -0.385. The molecule has 28 heavy (non-hydrogen) atoms. The van der Waals surface area contributed by atoms with Gasteiger partial charge in [-0.25, -0.2) is 0 Å². The minimum absolute atomic E-state index is 0.0218. The summed E-state index contributed by atoms with van der Waals surface area (Å²) in [6.45, 7) is 2.77. The van der Waals surface area contributed by atoms with Crippen LogP contribution in [0.2, 0.25) is 0 Å². The fourth-order valence-electron chi connectivity index (χ4n) is 2.74. The molecule has 2 aromatic carbocycles. The largest absolute Gasteiger partial charge is 0.378 e. The number of hydrogen-bond acceptors (Lipinski definition) is 7. The number of rotatable bonds is 6. The first-order valence-corrected chi connectivity index (χ1v) is 9.76. The van der Waals surface area contributed by atoms with Crippen LogP contribution in [-0.4, -0.2) is 42.6 Å². The molecule has 2 aromatic rings. The molecular formula is C19H21N5O3S. The van der Waals surface area contributed by atoms with Crippen LogP contribution in [0.3, 0.4) is 0 Å². The molecule has 0 aromatic heterocycles. The Morgan fingerprint density at radius 2 is 2.00 bits per heavy atom. The summed E-state index contributed by atoms with van der Waals surface area (Å²) < 4.78 is 5.35. The van der Waals surface area contributed by atoms with Gasteiger partial charge in [-0.05, 0) is 17.7 Å². The Kier molecular flexibility index (Phi) is 6.99. The fraction of sp³-hybridized carbons (Fsp3) is 0.263. The van der Waals surface area contributed by atoms with E-state index in [0.29, 0.717) is 29.7 Å². The van der Waals surface area contributed by atoms with E-state index < -0.39 is 4.92 Å². The molecule has 1 saturated heterocycles. The van der Waals surface area contributed by atoms with Crippen LogP contribution < -0.4 is 10.6 Å². The van der Waals surface area contributed by atoms with Gasteiger partial charge in [-0.2, -0.15) is 5.10 Å². The number of anilines is 1. The highest BCUT2D eigenvalue weighted by Gasteiger charge is 2.17. The van der Waals surface area contributed by atoms with Gasteiger partial charge in [0, 0.05) is 30.6 Å². The SMILES string of the molecule is NC(=NN=Cc1cc(N2CCOCC2)ccc1[N+](=O)[O-])SCc1ccccc1. The Labute approximate surface area is 167 Å². The second-order valence-electron chi connectivity index (χ2n) is 6.06. The summed E-state index contributed by atoms with van der Waals surface area (Å²) in [4.78, 5) is 13.0. The van der Waals surface area contributed by atoms with Crippen LogP contribution in [0.1, 0.15) is 11.1 Å². The minimum Gasteiger partial charge on any atom is -0.378 e. The van der Waals surface area contributed by atoms with E-state index in [4.69, 9.17) is 10.5 Å². The number of morpholine rings is 1. The van der Waals surface area contributed by atoms with Crippen molar-refractivity contribution >= 4 is 34.5 Å². The number of thioether (sulfide) groups is 1. The normalized spacial score (nSPS) is 15.1. The number of amidine groups is 1. The quantitative estimate of drug-likeness (QED) is 0.346. The lowest BCUT2D eigenvalue weighted by atomic mass is 10.1. The fourth-order valence-corrected chi connectivity index (χ4v) is 3.35. The maximum atomic E-state index is 11.3. The third kappa shape index (κ3) is 5.54. The molecule has 9 heteroatoms. The van der Waals surface area contributed by atoms with Crippen LogP contribution in [0.25, 0.3) is 0 Å². The molecule has 0 bridgehead atoms. The molecule has 1 aliphatic heterocycles. The van der Waals surface area contributed by atoms with Gasteiger partial charge in [-0.15, -0.1) is 5.10 Å². The molecule has 146 valence electrons. The molecule has 0 atom stereocenters. The average molecular weight is 399 g/mol. The molecule has 2 N–H and O–H groups in total. The van der Waals surface area contributed by atoms with Crippen LogP contribution in [0, 0.1) is 10.1 Å². The van der Waals surface area contributed by atoms with Crippen molar-refractivity contribution in [1.29, 1.82) is 0 Å². The Morgan fingerprint density at radius 3 is 2.71 bits per heavy atom. The Hall–Kier alpha value is -2.91. The van der Waals surface area contributed by atoms with Crippen LogP contribution in [-0.2, 0) is 10.5 Å². The zero-order chi connectivity index (χ0) is 19.8. The Balaban J connectivity index is 1.70. The molecule has 1 heterocycles. The monoisotopic (exact) mass is 399 g/mol. The third-order valence-corrected chi connectivity index (χ3v) is 5.02. The summed E-state index contributed by atoms with van der Waals surface area (Å²) in [5, 5.41) is 19.5. The molecule has 0 radical (unpaired) electrons. The summed E-state index contributed by atoms with van der Waals surface area (Å²) in [7, 11) is 0. The van der Waals surface area contributed by atoms with Crippen molar-refractivity contribution in [3.05, 3.63) is 69.8 Å². The molecule has 3 rings (SSSR count). The molecule has 1 aliphatic rings. The smallest absolute Gasteiger partial charge is 0.278 e. The number of hydrogen-bond donors (Lipinski definition) is 1. The molecule has 0 amide bonds. The standard InChI is InChI=1S/C19H21N5O3S/c20-19(28-14-15-4-2-1-3-5-15)22-21-13-16-12-17(6-7-18(16)24(25)26)23-8-10-27-11-9-23/h1-7,12-13H,8-11,14H2,(H2,20,22). The van der Waals surface area contributed by atoms with Gasteiger partial charge in [0.1, 0.15) is 0 Å². The number of nitrogens with zero attached hydrogens (tertiary/aromatic N) is 4. The van der Waals surface area contributed by atoms with E-state index in [9.17, 15) is 10.1 Å². The zero-order valence-electron chi connectivity index (χ0n) is 15.2. The van der Waals surface area contributed by atoms with Gasteiger partial charge in [-0.3, -0.25) is 10.1 Å². The van der Waals surface area contributed by atoms with E-state index in [2.05, 4.69) is 15.1 Å². The maximum Gasteiger partial charge on any atom is 0.278 e. The van der Waals surface area contributed by atoms with E-state index in [1.54, 1.807) is 12.1 Å². The molecular weight excluding hydrogens is 378 g/mol. The summed E-state index contributed by atoms with van der Waals surface area (Å²) in [6, 6.07) is 14.9. The summed E-state index contributed by atoms with van der Waals surface area (Å²) in [6.07, 6.45) is 1.37. The number of benzene rings is 2. The van der Waals surface area contributed by atoms with Crippen LogP contribution in [0.4, 0.5) is 11.4 Å². The van der Waals surface area contributed by atoms with Crippen molar-refractivity contribution in [3.63, 3.8) is 0 Å². The first-order valence-electron chi connectivity index (χ1n) is 8.78. The first kappa shape index (κ1) is 19.8. The number of nitro benzene ring substituents is 1. The van der Waals surface area contributed by atoms with Gasteiger partial charge in [0.2, 0.25) is 0 Å². The van der Waals surface area contributed by atoms with Crippen LogP contribution in [0.15, 0.2) is 58.7 Å². The molecule has 0 saturated carbocycles. The Morgan fingerprint density at radius 1 is 1.25 bits per heavy atom. The number of ether oxygens (including phenoxy) is 1. The minimum atomic E-state index is -0.429. The van der Waals surface area contributed by atoms with Gasteiger partial charge in [0.15, 0.2) is 5.17 Å². The van der Waals surface area contributed by atoms with Crippen molar-refractivity contribution < 1.29 is 9.66 Å². The van der Waals surface area contributed by atoms with Crippen molar-refractivity contribution in [2.45, 2.75) is 5.75 Å². The van der Waals surface area contributed by atoms with E-state index in [1.807, 2.05) is 30.3 Å². The zero-order valence-corrected chi connectivity index (χ0v) is 16.0. The molecule has 0 aliphatic carbocycles. The van der Waals surface area contributed by atoms with Crippen LogP contribution in [0.5, 0.6) is 0 Å². The van der Waals surface area contributed by atoms with Gasteiger partial charge >= 0.3 is 0 Å². The lowest BCUT2D eigenvalue weighted by Crippen LogP contribution is -2.36. The summed E-state index contributed by atoms with van der Waals surface area (Å²) in [5.41, 5.74) is 8.26. The lowest BCUT2D eigenvalue weighted by Gasteiger charge is -2.28. The van der Waals surface area contributed by atoms with Gasteiger partial charge < -0.3 is 15.4 Å². The van der Waals surface area contributed by atoms with Gasteiger partial charge in [0.25, 0.3) is 5.69 Å². The second kappa shape index (κ2) is 9.86. The topological polar surface area (TPSA) is 106 Å². The number of nitro groups is 1. The molecule has 1 fully saturated rings. The van der Waals surface area contributed by atoms with Crippen LogP contribution >= 0.6 is 11.8 Å². The number of nitrogens with two attached hydrogens (primary N) is 1. The highest BCUT2D eigenvalue weighted by Crippen LogP contribution is 2.24. The van der Waals surface area contributed by atoms with Crippen molar-refractivity contribution in [3.8, 4) is 0 Å². The highest BCUT2D eigenvalue weighted by atomic mass is 32.2. The third-order valence-electron chi connectivity index (χ3n) is 4.17. The van der Waals surface area contributed by atoms with E-state index >= 15 is 0 Å². The second-order valence-corrected chi connectivity index (χ2v) is 7.05. The van der Waals surface area contributed by atoms with E-state index in [-0.39, 0.29) is 5.69 Å². The van der Waals surface area contributed by atoms with Crippen molar-refractivity contribution in [2.75, 3.05) is 31.2 Å². The molecule has 0 unspecified atom stereocenters. The predicted molar refractivity (Wildman–Crippen MR) is 113 cm³/mol. The van der Waals surface area contributed by atoms with Gasteiger partial charge in [-0.1, -0.05) is 42.1 Å². The average Bonchev–Trinajstić information content (AvgIpc) is 2.73. The van der Waals surface area contributed by atoms with Crippen molar-refractivity contribution in [1.82, 2.24) is 0 Å². The highest BCUT2D eigenvalue weighted by molar-refractivity contribution is 8.13. The molecule has 8 nitrogen and oxygen atoms in total.